The fourth-order valence-electron chi connectivity index (χ4n) is 2.65. The zero-order valence-corrected chi connectivity index (χ0v) is 14.3. The van der Waals surface area contributed by atoms with E-state index in [0.717, 1.165) is 18.7 Å². The lowest BCUT2D eigenvalue weighted by Crippen LogP contribution is -3.13. The summed E-state index contributed by atoms with van der Waals surface area (Å²) in [4.78, 5) is 14.7. The standard InChI is InChI=1S/C16H19ClN4O3/c1-2-23-16(22)21-9-7-20(8-10-21)11-14-18-19-15(24-14)12-3-5-13(17)6-4-12/h3-6H,2,7-11H2,1H3/p+1. The van der Waals surface area contributed by atoms with Crippen LogP contribution in [0.3, 0.4) is 0 Å². The molecule has 24 heavy (non-hydrogen) atoms. The van der Waals surface area contributed by atoms with Crippen molar-refractivity contribution in [2.45, 2.75) is 13.5 Å². The van der Waals surface area contributed by atoms with Gasteiger partial charge in [-0.25, -0.2) is 4.79 Å². The second-order valence-corrected chi connectivity index (χ2v) is 6.06. The number of piperazine rings is 1. The van der Waals surface area contributed by atoms with Gasteiger partial charge in [0.1, 0.15) is 0 Å². The van der Waals surface area contributed by atoms with Gasteiger partial charge in [-0.15, -0.1) is 10.2 Å². The Hall–Kier alpha value is -2.12. The number of carbonyl (C=O) groups is 1. The Labute approximate surface area is 145 Å². The highest BCUT2D eigenvalue weighted by Crippen LogP contribution is 2.19. The zero-order valence-electron chi connectivity index (χ0n) is 13.5. The maximum Gasteiger partial charge on any atom is 0.410 e. The maximum atomic E-state index is 11.7. The summed E-state index contributed by atoms with van der Waals surface area (Å²) in [6, 6.07) is 7.29. The SMILES string of the molecule is CCOC(=O)N1CC[NH+](Cc2nnc(-c3ccc(Cl)cc3)o2)CC1. The molecular weight excluding hydrogens is 332 g/mol. The van der Waals surface area contributed by atoms with E-state index >= 15 is 0 Å². The molecule has 7 nitrogen and oxygen atoms in total. The fourth-order valence-corrected chi connectivity index (χ4v) is 2.77. The van der Waals surface area contributed by atoms with Gasteiger partial charge in [0, 0.05) is 10.6 Å². The molecule has 0 aliphatic carbocycles. The summed E-state index contributed by atoms with van der Waals surface area (Å²) in [6.07, 6.45) is -0.237. The Bertz CT molecular complexity index is 681. The summed E-state index contributed by atoms with van der Waals surface area (Å²) in [6.45, 7) is 5.87. The molecule has 8 heteroatoms. The van der Waals surface area contributed by atoms with Crippen LogP contribution in [0.2, 0.25) is 5.02 Å². The number of rotatable bonds is 4. The van der Waals surface area contributed by atoms with Gasteiger partial charge in [-0.3, -0.25) is 4.90 Å². The van der Waals surface area contributed by atoms with E-state index in [1.54, 1.807) is 17.0 Å². The van der Waals surface area contributed by atoms with Crippen molar-refractivity contribution in [1.82, 2.24) is 15.1 Å². The van der Waals surface area contributed by atoms with E-state index in [1.165, 1.54) is 4.90 Å². The smallest absolute Gasteiger partial charge is 0.410 e. The first-order valence-corrected chi connectivity index (χ1v) is 8.37. The van der Waals surface area contributed by atoms with Crippen LogP contribution in [-0.4, -0.2) is 54.0 Å². The van der Waals surface area contributed by atoms with Crippen molar-refractivity contribution in [3.8, 4) is 11.5 Å². The molecular formula is C16H20ClN4O3+. The monoisotopic (exact) mass is 351 g/mol. The molecule has 1 aliphatic rings. The van der Waals surface area contributed by atoms with E-state index in [4.69, 9.17) is 20.8 Å². The van der Waals surface area contributed by atoms with Crippen LogP contribution in [0.15, 0.2) is 28.7 Å². The summed E-state index contributed by atoms with van der Waals surface area (Å²) in [5.41, 5.74) is 0.847. The Morgan fingerprint density at radius 1 is 1.29 bits per heavy atom. The van der Waals surface area contributed by atoms with E-state index in [0.29, 0.717) is 43.0 Å². The van der Waals surface area contributed by atoms with Gasteiger partial charge >= 0.3 is 6.09 Å². The molecule has 3 rings (SSSR count). The highest BCUT2D eigenvalue weighted by molar-refractivity contribution is 6.30. The highest BCUT2D eigenvalue weighted by Gasteiger charge is 2.25. The molecule has 0 atom stereocenters. The molecule has 1 aromatic heterocycles. The number of nitrogens with one attached hydrogen (secondary N) is 1. The Morgan fingerprint density at radius 3 is 2.67 bits per heavy atom. The number of carbonyl (C=O) groups excluding carboxylic acids is 1. The minimum absolute atomic E-state index is 0.237. The van der Waals surface area contributed by atoms with Gasteiger partial charge in [0.15, 0.2) is 6.54 Å². The van der Waals surface area contributed by atoms with Crippen LogP contribution in [-0.2, 0) is 11.3 Å². The van der Waals surface area contributed by atoms with Gasteiger partial charge in [-0.1, -0.05) is 11.6 Å². The number of nitrogens with zero attached hydrogens (tertiary/aromatic N) is 3. The minimum Gasteiger partial charge on any atom is -0.450 e. The molecule has 0 saturated carbocycles. The van der Waals surface area contributed by atoms with Gasteiger partial charge in [-0.2, -0.15) is 0 Å². The molecule has 2 aromatic rings. The lowest BCUT2D eigenvalue weighted by Gasteiger charge is -2.30. The maximum absolute atomic E-state index is 11.7. The summed E-state index contributed by atoms with van der Waals surface area (Å²) in [7, 11) is 0. The van der Waals surface area contributed by atoms with Gasteiger partial charge in [0.25, 0.3) is 5.89 Å². The van der Waals surface area contributed by atoms with Crippen LogP contribution < -0.4 is 4.90 Å². The predicted molar refractivity (Wildman–Crippen MR) is 87.7 cm³/mol. The number of hydrogen-bond donors (Lipinski definition) is 1. The first-order chi connectivity index (χ1) is 11.7. The van der Waals surface area contributed by atoms with E-state index in [9.17, 15) is 4.79 Å². The predicted octanol–water partition coefficient (Wildman–Crippen LogP) is 1.25. The lowest BCUT2D eigenvalue weighted by atomic mass is 10.2. The fraction of sp³-hybridized carbons (Fsp3) is 0.438. The molecule has 0 spiro atoms. The summed E-state index contributed by atoms with van der Waals surface area (Å²) >= 11 is 5.88. The van der Waals surface area contributed by atoms with E-state index < -0.39 is 0 Å². The molecule has 0 bridgehead atoms. The molecule has 1 aliphatic heterocycles. The lowest BCUT2D eigenvalue weighted by molar-refractivity contribution is -0.918. The molecule has 0 unspecified atom stereocenters. The van der Waals surface area contributed by atoms with Crippen LogP contribution in [0.25, 0.3) is 11.5 Å². The quantitative estimate of drug-likeness (QED) is 0.897. The second kappa shape index (κ2) is 7.63. The van der Waals surface area contributed by atoms with Crippen LogP contribution >= 0.6 is 11.6 Å². The normalized spacial score (nSPS) is 15.5. The minimum atomic E-state index is -0.237. The van der Waals surface area contributed by atoms with E-state index in [1.807, 2.05) is 19.1 Å². The molecule has 128 valence electrons. The highest BCUT2D eigenvalue weighted by atomic mass is 35.5. The van der Waals surface area contributed by atoms with Gasteiger partial charge in [0.2, 0.25) is 5.89 Å². The van der Waals surface area contributed by atoms with Crippen molar-refractivity contribution in [2.24, 2.45) is 0 Å². The van der Waals surface area contributed by atoms with Crippen LogP contribution in [0.1, 0.15) is 12.8 Å². The number of quaternary nitrogens is 1. The second-order valence-electron chi connectivity index (χ2n) is 5.62. The third kappa shape index (κ3) is 4.04. The third-order valence-electron chi connectivity index (χ3n) is 3.96. The van der Waals surface area contributed by atoms with Crippen LogP contribution in [0.4, 0.5) is 4.79 Å². The number of ether oxygens (including phenoxy) is 1. The van der Waals surface area contributed by atoms with Crippen molar-refractivity contribution in [2.75, 3.05) is 32.8 Å². The molecule has 2 heterocycles. The third-order valence-corrected chi connectivity index (χ3v) is 4.21. The van der Waals surface area contributed by atoms with Crippen molar-refractivity contribution in [3.63, 3.8) is 0 Å². The summed E-state index contributed by atoms with van der Waals surface area (Å²) in [5, 5.41) is 8.88. The molecule has 1 amide bonds. The van der Waals surface area contributed by atoms with Crippen LogP contribution in [0, 0.1) is 0 Å². The number of halogens is 1. The van der Waals surface area contributed by atoms with Gasteiger partial charge in [0.05, 0.1) is 32.8 Å². The molecule has 1 saturated heterocycles. The van der Waals surface area contributed by atoms with Gasteiger partial charge < -0.3 is 14.1 Å². The van der Waals surface area contributed by atoms with Crippen molar-refractivity contribution in [3.05, 3.63) is 35.2 Å². The number of benzene rings is 1. The topological polar surface area (TPSA) is 72.9 Å². The molecule has 1 aromatic carbocycles. The number of hydrogen-bond acceptors (Lipinski definition) is 5. The Morgan fingerprint density at radius 2 is 2.00 bits per heavy atom. The van der Waals surface area contributed by atoms with Gasteiger partial charge in [-0.05, 0) is 31.2 Å². The summed E-state index contributed by atoms with van der Waals surface area (Å²) < 4.78 is 10.8. The average Bonchev–Trinajstić information content (AvgIpc) is 3.05. The Balaban J connectivity index is 1.54. The molecule has 1 fully saturated rings. The van der Waals surface area contributed by atoms with Crippen molar-refractivity contribution >= 4 is 17.7 Å². The first-order valence-electron chi connectivity index (χ1n) is 7.99. The van der Waals surface area contributed by atoms with Crippen molar-refractivity contribution < 1.29 is 18.8 Å². The Kier molecular flexibility index (Phi) is 5.32. The number of aromatic nitrogens is 2. The largest absolute Gasteiger partial charge is 0.450 e. The van der Waals surface area contributed by atoms with E-state index in [2.05, 4.69) is 10.2 Å². The average molecular weight is 352 g/mol. The zero-order chi connectivity index (χ0) is 16.9. The molecule has 1 N–H and O–H groups in total. The molecule has 0 radical (unpaired) electrons. The number of amides is 1. The van der Waals surface area contributed by atoms with Crippen LogP contribution in [0.5, 0.6) is 0 Å². The van der Waals surface area contributed by atoms with Crippen molar-refractivity contribution in [1.29, 1.82) is 0 Å². The first kappa shape index (κ1) is 16.7. The summed E-state index contributed by atoms with van der Waals surface area (Å²) in [5.74, 6) is 1.09. The van der Waals surface area contributed by atoms with E-state index in [-0.39, 0.29) is 6.09 Å².